The van der Waals surface area contributed by atoms with Crippen LogP contribution >= 0.6 is 15.9 Å². The summed E-state index contributed by atoms with van der Waals surface area (Å²) in [6, 6.07) is 6.52. The first-order chi connectivity index (χ1) is 8.74. The van der Waals surface area contributed by atoms with Crippen molar-refractivity contribution in [1.29, 1.82) is 0 Å². The summed E-state index contributed by atoms with van der Waals surface area (Å²) in [5.74, 6) is 1.97. The highest BCUT2D eigenvalue weighted by Gasteiger charge is 2.61. The van der Waals surface area contributed by atoms with E-state index in [-0.39, 0.29) is 0 Å². The minimum atomic E-state index is 0.444. The third-order valence-electron chi connectivity index (χ3n) is 5.70. The molecule has 0 radical (unpaired) electrons. The van der Waals surface area contributed by atoms with Crippen molar-refractivity contribution in [3.63, 3.8) is 0 Å². The fraction of sp³-hybridized carbons (Fsp3) is 0.688. The maximum atomic E-state index is 3.83. The summed E-state index contributed by atoms with van der Waals surface area (Å²) >= 11 is 3.83. The first kappa shape index (κ1) is 11.5. The fourth-order valence-corrected chi connectivity index (χ4v) is 6.23. The van der Waals surface area contributed by atoms with Crippen LogP contribution in [0.5, 0.6) is 0 Å². The van der Waals surface area contributed by atoms with Crippen LogP contribution in [-0.2, 0) is 5.54 Å². The summed E-state index contributed by atoms with van der Waals surface area (Å²) < 4.78 is 2.54. The van der Waals surface area contributed by atoms with Crippen molar-refractivity contribution >= 4 is 15.9 Å². The summed E-state index contributed by atoms with van der Waals surface area (Å²) in [6.45, 7) is 0. The molecular formula is C16H21BrN+. The zero-order valence-corrected chi connectivity index (χ0v) is 12.4. The normalized spacial score (nSPS) is 45.4. The SMILES string of the molecule is BrCC12C[C@H]3C[C@H](C1)CC([n+]1ccccc1)(C3)C2. The Morgan fingerprint density at radius 2 is 1.67 bits per heavy atom. The summed E-state index contributed by atoms with van der Waals surface area (Å²) in [7, 11) is 0. The summed E-state index contributed by atoms with van der Waals surface area (Å²) in [5.41, 5.74) is 1.05. The van der Waals surface area contributed by atoms with Crippen molar-refractivity contribution in [2.45, 2.75) is 44.1 Å². The van der Waals surface area contributed by atoms with Gasteiger partial charge in [-0.25, -0.2) is 0 Å². The second-order valence-corrected chi connectivity index (χ2v) is 7.66. The molecule has 4 aliphatic carbocycles. The van der Waals surface area contributed by atoms with Crippen molar-refractivity contribution in [3.8, 4) is 0 Å². The number of hydrogen-bond donors (Lipinski definition) is 0. The lowest BCUT2D eigenvalue weighted by atomic mass is 9.47. The molecule has 2 atom stereocenters. The van der Waals surface area contributed by atoms with Gasteiger partial charge in [-0.3, -0.25) is 0 Å². The average Bonchev–Trinajstić information content (AvgIpc) is 2.38. The lowest BCUT2D eigenvalue weighted by molar-refractivity contribution is -0.778. The van der Waals surface area contributed by atoms with Gasteiger partial charge in [0.2, 0.25) is 0 Å². The Labute approximate surface area is 118 Å². The van der Waals surface area contributed by atoms with Gasteiger partial charge in [-0.2, -0.15) is 4.57 Å². The van der Waals surface area contributed by atoms with E-state index in [9.17, 15) is 0 Å². The molecule has 2 heteroatoms. The van der Waals surface area contributed by atoms with Crippen molar-refractivity contribution in [1.82, 2.24) is 0 Å². The standard InChI is InChI=1S/C16H21BrN/c17-12-15-7-13-6-14(8-15)10-16(9-13,11-15)18-4-2-1-3-5-18/h1-5,13-14H,6-12H2/q+1/t13-,14-,15?,16?/m1/s1. The largest absolute Gasteiger partial charge is 0.200 e. The predicted octanol–water partition coefficient (Wildman–Crippen LogP) is 3.66. The summed E-state index contributed by atoms with van der Waals surface area (Å²) in [5, 5.41) is 1.21. The minimum absolute atomic E-state index is 0.444. The van der Waals surface area contributed by atoms with E-state index < -0.39 is 0 Å². The number of hydrogen-bond acceptors (Lipinski definition) is 0. The van der Waals surface area contributed by atoms with Crippen LogP contribution in [0.2, 0.25) is 0 Å². The number of nitrogens with zero attached hydrogens (tertiary/aromatic N) is 1. The van der Waals surface area contributed by atoms with Crippen molar-refractivity contribution in [3.05, 3.63) is 30.6 Å². The molecule has 1 aromatic rings. The van der Waals surface area contributed by atoms with E-state index in [1.54, 1.807) is 0 Å². The van der Waals surface area contributed by atoms with Gasteiger partial charge in [-0.05, 0) is 36.5 Å². The average molecular weight is 307 g/mol. The highest BCUT2D eigenvalue weighted by Crippen LogP contribution is 2.63. The molecular weight excluding hydrogens is 286 g/mol. The molecule has 18 heavy (non-hydrogen) atoms. The minimum Gasteiger partial charge on any atom is -0.200 e. The molecule has 0 saturated heterocycles. The van der Waals surface area contributed by atoms with Crippen molar-refractivity contribution in [2.24, 2.45) is 17.3 Å². The molecule has 4 bridgehead atoms. The first-order valence-electron chi connectivity index (χ1n) is 7.26. The van der Waals surface area contributed by atoms with Gasteiger partial charge in [0.1, 0.15) is 0 Å². The van der Waals surface area contributed by atoms with E-state index in [2.05, 4.69) is 51.1 Å². The monoisotopic (exact) mass is 306 g/mol. The Morgan fingerprint density at radius 3 is 2.28 bits per heavy atom. The third kappa shape index (κ3) is 1.54. The van der Waals surface area contributed by atoms with Gasteiger partial charge in [0.05, 0.1) is 0 Å². The third-order valence-corrected chi connectivity index (χ3v) is 6.89. The van der Waals surface area contributed by atoms with Crippen LogP contribution in [0.25, 0.3) is 0 Å². The molecule has 0 aliphatic heterocycles. The Bertz CT molecular complexity index is 441. The lowest BCUT2D eigenvalue weighted by Crippen LogP contribution is -2.67. The van der Waals surface area contributed by atoms with Gasteiger partial charge in [0.15, 0.2) is 17.9 Å². The van der Waals surface area contributed by atoms with Crippen LogP contribution in [0.15, 0.2) is 30.6 Å². The Hall–Kier alpha value is -0.370. The molecule has 4 aliphatic rings. The van der Waals surface area contributed by atoms with Gasteiger partial charge in [-0.1, -0.05) is 22.0 Å². The van der Waals surface area contributed by atoms with Crippen LogP contribution in [-0.4, -0.2) is 5.33 Å². The Kier molecular flexibility index (Phi) is 2.43. The molecule has 1 heterocycles. The first-order valence-corrected chi connectivity index (χ1v) is 8.39. The van der Waals surface area contributed by atoms with Gasteiger partial charge in [-0.15, -0.1) is 0 Å². The lowest BCUT2D eigenvalue weighted by Gasteiger charge is -2.58. The molecule has 0 unspecified atom stereocenters. The zero-order chi connectivity index (χ0) is 12.2. The molecule has 1 aromatic heterocycles. The van der Waals surface area contributed by atoms with Gasteiger partial charge in [0.25, 0.3) is 0 Å². The molecule has 0 N–H and O–H groups in total. The number of halogens is 1. The van der Waals surface area contributed by atoms with E-state index in [4.69, 9.17) is 0 Å². The van der Waals surface area contributed by atoms with Gasteiger partial charge >= 0.3 is 0 Å². The van der Waals surface area contributed by atoms with Gasteiger partial charge < -0.3 is 0 Å². The highest BCUT2D eigenvalue weighted by atomic mass is 79.9. The quantitative estimate of drug-likeness (QED) is 0.580. The maximum Gasteiger partial charge on any atom is 0.169 e. The smallest absolute Gasteiger partial charge is 0.169 e. The molecule has 1 nitrogen and oxygen atoms in total. The number of pyridine rings is 1. The fourth-order valence-electron chi connectivity index (χ4n) is 5.58. The predicted molar refractivity (Wildman–Crippen MR) is 75.5 cm³/mol. The van der Waals surface area contributed by atoms with Crippen LogP contribution in [0.3, 0.4) is 0 Å². The molecule has 5 rings (SSSR count). The topological polar surface area (TPSA) is 3.88 Å². The van der Waals surface area contributed by atoms with Crippen LogP contribution in [0.1, 0.15) is 38.5 Å². The number of alkyl halides is 1. The summed E-state index contributed by atoms with van der Waals surface area (Å²) in [4.78, 5) is 0. The van der Waals surface area contributed by atoms with E-state index in [0.29, 0.717) is 11.0 Å². The molecule has 0 amide bonds. The second kappa shape index (κ2) is 3.82. The van der Waals surface area contributed by atoms with Crippen molar-refractivity contribution in [2.75, 3.05) is 5.33 Å². The van der Waals surface area contributed by atoms with Crippen LogP contribution in [0, 0.1) is 17.3 Å². The second-order valence-electron chi connectivity index (χ2n) is 7.10. The maximum absolute atomic E-state index is 3.83. The Balaban J connectivity index is 1.78. The zero-order valence-electron chi connectivity index (χ0n) is 10.8. The van der Waals surface area contributed by atoms with Crippen LogP contribution < -0.4 is 4.57 Å². The summed E-state index contributed by atoms with van der Waals surface area (Å²) in [6.07, 6.45) is 13.3. The number of aromatic nitrogens is 1. The molecule has 4 saturated carbocycles. The van der Waals surface area contributed by atoms with Crippen molar-refractivity contribution < 1.29 is 4.57 Å². The highest BCUT2D eigenvalue weighted by molar-refractivity contribution is 9.09. The van der Waals surface area contributed by atoms with E-state index in [1.807, 2.05) is 0 Å². The molecule has 96 valence electrons. The molecule has 0 spiro atoms. The Morgan fingerprint density at radius 1 is 1.00 bits per heavy atom. The molecule has 0 aromatic carbocycles. The van der Waals surface area contributed by atoms with Crippen LogP contribution in [0.4, 0.5) is 0 Å². The van der Waals surface area contributed by atoms with E-state index >= 15 is 0 Å². The molecule has 4 fully saturated rings. The van der Waals surface area contributed by atoms with E-state index in [1.165, 1.54) is 43.9 Å². The number of rotatable bonds is 2. The van der Waals surface area contributed by atoms with Gasteiger partial charge in [0, 0.05) is 36.7 Å². The van der Waals surface area contributed by atoms with E-state index in [0.717, 1.165) is 11.8 Å².